The van der Waals surface area contributed by atoms with Gasteiger partial charge in [-0.05, 0) is 88.4 Å². The van der Waals surface area contributed by atoms with Gasteiger partial charge in [-0.25, -0.2) is 0 Å². The molecule has 0 aromatic heterocycles. The van der Waals surface area contributed by atoms with Crippen LogP contribution in [-0.2, 0) is 25.3 Å². The van der Waals surface area contributed by atoms with Crippen molar-refractivity contribution in [3.63, 3.8) is 0 Å². The van der Waals surface area contributed by atoms with Crippen LogP contribution in [0.25, 0.3) is 0 Å². The average Bonchev–Trinajstić information content (AvgIpc) is 3.72. The van der Waals surface area contributed by atoms with Gasteiger partial charge in [0.15, 0.2) is 0 Å². The van der Waals surface area contributed by atoms with Gasteiger partial charge in [0.1, 0.15) is 0 Å². The third-order valence-corrected chi connectivity index (χ3v) is 10.8. The molecule has 2 aliphatic rings. The fourth-order valence-electron chi connectivity index (χ4n) is 4.23. The van der Waals surface area contributed by atoms with Crippen LogP contribution in [0.2, 0.25) is 0 Å². The van der Waals surface area contributed by atoms with Gasteiger partial charge in [0, 0.05) is 28.4 Å². The van der Waals surface area contributed by atoms with Crippen LogP contribution < -0.4 is 21.2 Å². The molecular formula is C34H28CoFeI2P2. The first kappa shape index (κ1) is 34.7. The third-order valence-electron chi connectivity index (χ3n) is 5.86. The van der Waals surface area contributed by atoms with E-state index in [1.165, 1.54) is 40.8 Å². The van der Waals surface area contributed by atoms with E-state index < -0.39 is 15.8 Å². The van der Waals surface area contributed by atoms with E-state index in [2.05, 4.69) is 214 Å². The van der Waals surface area contributed by atoms with Crippen molar-refractivity contribution < 1.29 is 25.3 Å². The first-order chi connectivity index (χ1) is 19.3. The number of benzene rings is 4. The number of rotatable bonds is 6. The fourth-order valence-corrected chi connectivity index (χ4v) is 8.84. The Morgan fingerprint density at radius 2 is 0.575 bits per heavy atom. The molecule has 4 aromatic carbocycles. The minimum atomic E-state index is -0.409. The summed E-state index contributed by atoms with van der Waals surface area (Å²) in [6, 6.07) is 43.1. The van der Waals surface area contributed by atoms with Crippen LogP contribution >= 0.6 is 56.7 Å². The quantitative estimate of drug-likeness (QED) is 0.103. The Morgan fingerprint density at radius 3 is 0.775 bits per heavy atom. The molecule has 0 saturated heterocycles. The maximum atomic E-state index is 2.24. The summed E-state index contributed by atoms with van der Waals surface area (Å²) in [5.41, 5.74) is 2.84. The van der Waals surface area contributed by atoms with Crippen LogP contribution in [0.5, 0.6) is 0 Å². The summed E-state index contributed by atoms with van der Waals surface area (Å²) in [6.45, 7) is 0. The van der Waals surface area contributed by atoms with Crippen LogP contribution in [0.3, 0.4) is 0 Å². The summed E-state index contributed by atoms with van der Waals surface area (Å²) < 4.78 is 0. The van der Waals surface area contributed by atoms with E-state index in [0.717, 1.165) is 0 Å². The molecule has 0 spiro atoms. The molecule has 10 radical (unpaired) electrons. The van der Waals surface area contributed by atoms with Crippen molar-refractivity contribution in [3.8, 4) is 0 Å². The van der Waals surface area contributed by atoms with Crippen molar-refractivity contribution in [2.75, 3.05) is 0 Å². The Hall–Kier alpha value is 0.226. The van der Waals surface area contributed by atoms with Gasteiger partial charge in [-0.3, -0.25) is 0 Å². The van der Waals surface area contributed by atoms with E-state index >= 15 is 0 Å². The van der Waals surface area contributed by atoms with Gasteiger partial charge < -0.3 is 0 Å². The maximum absolute atomic E-state index is 2.24. The summed E-state index contributed by atoms with van der Waals surface area (Å²) in [7, 11) is 0.560. The Bertz CT molecular complexity index is 1000. The van der Waals surface area contributed by atoms with E-state index in [1.54, 1.807) is 0 Å². The van der Waals surface area contributed by atoms with Crippen molar-refractivity contribution in [1.29, 1.82) is 0 Å². The van der Waals surface area contributed by atoms with E-state index in [4.69, 9.17) is 0 Å². The molecule has 6 heteroatoms. The summed E-state index contributed by atoms with van der Waals surface area (Å²) in [5, 5.41) is 5.63. The fraction of sp³-hybridized carbons (Fsp3) is 0. The van der Waals surface area contributed by atoms with Crippen molar-refractivity contribution in [2.24, 2.45) is 0 Å². The molecule has 0 nitrogen and oxygen atoms in total. The van der Waals surface area contributed by atoms with E-state index in [9.17, 15) is 0 Å². The van der Waals surface area contributed by atoms with Gasteiger partial charge in [-0.15, -0.1) is 0 Å². The van der Waals surface area contributed by atoms with Gasteiger partial charge in [0.25, 0.3) is 0 Å². The Morgan fingerprint density at radius 1 is 0.375 bits per heavy atom. The van der Waals surface area contributed by atoms with E-state index in [1.807, 2.05) is 0 Å². The van der Waals surface area contributed by atoms with Crippen LogP contribution in [0.1, 0.15) is 0 Å². The average molecular weight is 867 g/mol. The first-order valence-electron chi connectivity index (χ1n) is 12.4. The Labute approximate surface area is 284 Å². The zero-order valence-electron chi connectivity index (χ0n) is 21.5. The third kappa shape index (κ3) is 10.7. The molecule has 2 aliphatic carbocycles. The predicted octanol–water partition coefficient (Wildman–Crippen LogP) is 8.73. The van der Waals surface area contributed by atoms with Crippen molar-refractivity contribution in [2.45, 2.75) is 0 Å². The summed E-state index contributed by atoms with van der Waals surface area (Å²) in [4.78, 5) is 0. The van der Waals surface area contributed by atoms with Crippen LogP contribution in [0, 0.1) is 62.7 Å². The molecule has 0 atom stereocenters. The molecule has 205 valence electrons. The van der Waals surface area contributed by atoms with E-state index in [0.29, 0.717) is 0 Å². The van der Waals surface area contributed by atoms with Crippen LogP contribution in [0.15, 0.2) is 121 Å². The van der Waals surface area contributed by atoms with Crippen molar-refractivity contribution in [1.82, 2.24) is 0 Å². The molecule has 0 heterocycles. The molecular weight excluding hydrogens is 839 g/mol. The normalized spacial score (nSPS) is 15.2. The zero-order valence-corrected chi connectivity index (χ0v) is 29.8. The van der Waals surface area contributed by atoms with Gasteiger partial charge in [0.05, 0.1) is 0 Å². The molecule has 0 bridgehead atoms. The molecule has 0 aliphatic heterocycles. The molecule has 40 heavy (non-hydrogen) atoms. The monoisotopic (exact) mass is 867 g/mol. The standard InChI is InChI=1S/2C17H14P.Co.Fe.2HI/c2*1-3-9-15(10-4-1)18(17-13-7-8-14-17)16-11-5-2-6-12-16;;;;/h2*1-14H;;;2*1H/q;;+2;;;/p-2. The summed E-state index contributed by atoms with van der Waals surface area (Å²) >= 11 is 4.49. The van der Waals surface area contributed by atoms with Crippen LogP contribution in [0.4, 0.5) is 0 Å². The number of hydrogen-bond acceptors (Lipinski definition) is 0. The molecule has 2 saturated carbocycles. The molecule has 0 unspecified atom stereocenters. The summed E-state index contributed by atoms with van der Waals surface area (Å²) in [5.74, 6) is 0. The van der Waals surface area contributed by atoms with Gasteiger partial charge >= 0.3 is 49.1 Å². The second kappa shape index (κ2) is 20.2. The Kier molecular flexibility index (Phi) is 17.6. The molecule has 0 N–H and O–H groups in total. The SMILES string of the molecule is [CH]1[CH][CH][C](P(c2ccccc2)c2ccccc2)[CH]1.[CH]1[CH][CH][C](P(c2ccccc2)c2ccccc2)[CH]1.[Fe].[I][Co][I]. The molecule has 6 rings (SSSR count). The van der Waals surface area contributed by atoms with Crippen LogP contribution in [-0.4, -0.2) is 0 Å². The number of halogens is 2. The van der Waals surface area contributed by atoms with E-state index in [-0.39, 0.29) is 17.1 Å². The first-order valence-corrected chi connectivity index (χ1v) is 21.8. The zero-order chi connectivity index (χ0) is 27.1. The Balaban J connectivity index is 0.000000197. The van der Waals surface area contributed by atoms with Crippen molar-refractivity contribution >= 4 is 77.9 Å². The molecule has 2 fully saturated rings. The van der Waals surface area contributed by atoms with Gasteiger partial charge in [-0.2, -0.15) is 0 Å². The number of hydrogen-bond donors (Lipinski definition) is 0. The second-order valence-corrected chi connectivity index (χ2v) is 21.6. The molecule has 0 amide bonds. The summed E-state index contributed by atoms with van der Waals surface area (Å²) in [6.07, 6.45) is 17.4. The topological polar surface area (TPSA) is 0 Å². The second-order valence-electron chi connectivity index (χ2n) is 8.35. The van der Waals surface area contributed by atoms with Gasteiger partial charge in [0.2, 0.25) is 0 Å². The van der Waals surface area contributed by atoms with Gasteiger partial charge in [-0.1, -0.05) is 121 Å². The minimum absolute atomic E-state index is 0. The predicted molar refractivity (Wildman–Crippen MR) is 187 cm³/mol. The van der Waals surface area contributed by atoms with Crippen molar-refractivity contribution in [3.05, 3.63) is 184 Å². The molecule has 4 aromatic rings.